The van der Waals surface area contributed by atoms with Crippen molar-refractivity contribution in [2.45, 2.75) is 39.5 Å². The highest BCUT2D eigenvalue weighted by molar-refractivity contribution is 5.38. The first-order chi connectivity index (χ1) is 4.70. The Labute approximate surface area is 61.8 Å². The number of hydrogen-bond acceptors (Lipinski definition) is 3. The summed E-state index contributed by atoms with van der Waals surface area (Å²) in [5.74, 6) is 0. The van der Waals surface area contributed by atoms with E-state index in [2.05, 4.69) is 10.1 Å². The number of nitrogens with one attached hydrogen (secondary N) is 1. The van der Waals surface area contributed by atoms with Crippen LogP contribution in [0.25, 0.3) is 0 Å². The molecular weight excluding hydrogens is 130 g/mol. The van der Waals surface area contributed by atoms with Crippen molar-refractivity contribution in [3.8, 4) is 0 Å². The molecule has 0 aromatic heterocycles. The summed E-state index contributed by atoms with van der Waals surface area (Å²) in [6.07, 6.45) is 0.588. The molecule has 0 saturated carbocycles. The van der Waals surface area contributed by atoms with Crippen molar-refractivity contribution in [1.29, 1.82) is 0 Å². The molecule has 0 aromatic rings. The van der Waals surface area contributed by atoms with E-state index in [1.54, 1.807) is 0 Å². The Morgan fingerprint density at radius 2 is 2.20 bits per heavy atom. The van der Waals surface area contributed by atoms with Gasteiger partial charge in [0.15, 0.2) is 6.23 Å². The van der Waals surface area contributed by atoms with Gasteiger partial charge in [-0.25, -0.2) is 4.79 Å². The largest absolute Gasteiger partial charge is 0.438 e. The van der Waals surface area contributed by atoms with Gasteiger partial charge < -0.3 is 4.74 Å². The fraction of sp³-hybridized carbons (Fsp3) is 0.857. The molecule has 0 fully saturated rings. The zero-order chi connectivity index (χ0) is 7.98. The Morgan fingerprint density at radius 3 is 2.50 bits per heavy atom. The lowest BCUT2D eigenvalue weighted by Gasteiger charge is -2.16. The maximum Gasteiger partial charge on any atom is 0.419 e. The molecule has 3 nitrogen and oxygen atoms in total. The SMILES string of the molecule is CCC(NC(C)C)O[C]=O. The zero-order valence-corrected chi connectivity index (χ0v) is 6.68. The van der Waals surface area contributed by atoms with Gasteiger partial charge >= 0.3 is 6.47 Å². The highest BCUT2D eigenvalue weighted by Gasteiger charge is 2.06. The summed E-state index contributed by atoms with van der Waals surface area (Å²) in [5.41, 5.74) is 0. The normalized spacial score (nSPS) is 13.2. The molecule has 0 heterocycles. The summed E-state index contributed by atoms with van der Waals surface area (Å²) in [6, 6.07) is 0.332. The molecule has 1 radical (unpaired) electrons. The lowest BCUT2D eigenvalue weighted by atomic mass is 10.3. The van der Waals surface area contributed by atoms with Gasteiger partial charge in [-0.3, -0.25) is 5.32 Å². The van der Waals surface area contributed by atoms with Crippen molar-refractivity contribution in [3.63, 3.8) is 0 Å². The van der Waals surface area contributed by atoms with E-state index in [0.717, 1.165) is 6.42 Å². The summed E-state index contributed by atoms with van der Waals surface area (Å²) >= 11 is 0. The lowest BCUT2D eigenvalue weighted by Crippen LogP contribution is -2.36. The molecule has 0 aromatic carbocycles. The van der Waals surface area contributed by atoms with Gasteiger partial charge in [0.1, 0.15) is 0 Å². The molecule has 0 saturated heterocycles. The third-order valence-corrected chi connectivity index (χ3v) is 1.08. The second kappa shape index (κ2) is 5.23. The van der Waals surface area contributed by atoms with Crippen LogP contribution in [-0.2, 0) is 9.53 Å². The van der Waals surface area contributed by atoms with Crippen LogP contribution in [0.15, 0.2) is 0 Å². The van der Waals surface area contributed by atoms with Crippen molar-refractivity contribution >= 4 is 6.47 Å². The van der Waals surface area contributed by atoms with E-state index in [0.29, 0.717) is 6.04 Å². The van der Waals surface area contributed by atoms with Crippen molar-refractivity contribution in [1.82, 2.24) is 5.32 Å². The van der Waals surface area contributed by atoms with Crippen LogP contribution in [0.1, 0.15) is 27.2 Å². The molecule has 0 spiro atoms. The first-order valence-corrected chi connectivity index (χ1v) is 3.49. The maximum atomic E-state index is 9.77. The van der Waals surface area contributed by atoms with Crippen LogP contribution in [-0.4, -0.2) is 18.7 Å². The van der Waals surface area contributed by atoms with Gasteiger partial charge in [-0.15, -0.1) is 0 Å². The number of hydrogen-bond donors (Lipinski definition) is 1. The molecule has 1 atom stereocenters. The molecular formula is C7H14NO2. The molecule has 1 unspecified atom stereocenters. The van der Waals surface area contributed by atoms with Gasteiger partial charge in [0.2, 0.25) is 0 Å². The highest BCUT2D eigenvalue weighted by atomic mass is 16.5. The zero-order valence-electron chi connectivity index (χ0n) is 6.68. The highest BCUT2D eigenvalue weighted by Crippen LogP contribution is 1.92. The lowest BCUT2D eigenvalue weighted by molar-refractivity contribution is 0.129. The molecule has 0 aliphatic carbocycles. The van der Waals surface area contributed by atoms with Crippen LogP contribution in [0.3, 0.4) is 0 Å². The van der Waals surface area contributed by atoms with Crippen LogP contribution in [0.2, 0.25) is 0 Å². The topological polar surface area (TPSA) is 38.3 Å². The molecule has 10 heavy (non-hydrogen) atoms. The van der Waals surface area contributed by atoms with E-state index in [9.17, 15) is 4.79 Å². The van der Waals surface area contributed by atoms with Crippen LogP contribution in [0.5, 0.6) is 0 Å². The summed E-state index contributed by atoms with van der Waals surface area (Å²) < 4.78 is 4.59. The third kappa shape index (κ3) is 4.32. The third-order valence-electron chi connectivity index (χ3n) is 1.08. The van der Waals surface area contributed by atoms with Gasteiger partial charge in [0, 0.05) is 6.04 Å². The van der Waals surface area contributed by atoms with Crippen molar-refractivity contribution in [3.05, 3.63) is 0 Å². The van der Waals surface area contributed by atoms with Crippen LogP contribution >= 0.6 is 0 Å². The van der Waals surface area contributed by atoms with Crippen molar-refractivity contribution in [2.75, 3.05) is 0 Å². The van der Waals surface area contributed by atoms with Gasteiger partial charge in [-0.2, -0.15) is 0 Å². The van der Waals surface area contributed by atoms with E-state index >= 15 is 0 Å². The number of rotatable bonds is 5. The van der Waals surface area contributed by atoms with Crippen molar-refractivity contribution < 1.29 is 9.53 Å². The minimum Gasteiger partial charge on any atom is -0.438 e. The minimum absolute atomic E-state index is 0.183. The van der Waals surface area contributed by atoms with E-state index < -0.39 is 0 Å². The number of ether oxygens (including phenoxy) is 1. The molecule has 1 N–H and O–H groups in total. The maximum absolute atomic E-state index is 9.77. The minimum atomic E-state index is -0.183. The molecule has 59 valence electrons. The Hall–Kier alpha value is -0.570. The van der Waals surface area contributed by atoms with Crippen molar-refractivity contribution in [2.24, 2.45) is 0 Å². The Balaban J connectivity index is 3.48. The smallest absolute Gasteiger partial charge is 0.419 e. The molecule has 0 aliphatic rings. The predicted molar refractivity (Wildman–Crippen MR) is 39.1 cm³/mol. The molecule has 0 bridgehead atoms. The van der Waals surface area contributed by atoms with E-state index in [1.807, 2.05) is 20.8 Å². The van der Waals surface area contributed by atoms with E-state index in [-0.39, 0.29) is 6.23 Å². The Morgan fingerprint density at radius 1 is 1.60 bits per heavy atom. The quantitative estimate of drug-likeness (QED) is 0.580. The predicted octanol–water partition coefficient (Wildman–Crippen LogP) is 0.804. The first kappa shape index (κ1) is 9.43. The summed E-state index contributed by atoms with van der Waals surface area (Å²) in [6.45, 7) is 7.35. The Bertz CT molecular complexity index is 93.6. The molecule has 0 aliphatic heterocycles. The fourth-order valence-electron chi connectivity index (χ4n) is 0.665. The fourth-order valence-corrected chi connectivity index (χ4v) is 0.665. The second-order valence-electron chi connectivity index (χ2n) is 2.42. The molecule has 0 rings (SSSR count). The second-order valence-corrected chi connectivity index (χ2v) is 2.42. The van der Waals surface area contributed by atoms with Gasteiger partial charge in [-0.05, 0) is 20.3 Å². The summed E-state index contributed by atoms with van der Waals surface area (Å²) in [5, 5.41) is 3.05. The molecule has 0 amide bonds. The Kier molecular flexibility index (Phi) is 4.94. The average molecular weight is 144 g/mol. The van der Waals surface area contributed by atoms with Gasteiger partial charge in [0.05, 0.1) is 0 Å². The molecule has 3 heteroatoms. The number of carbonyl (C=O) groups excluding carboxylic acids is 1. The van der Waals surface area contributed by atoms with Crippen LogP contribution < -0.4 is 5.32 Å². The van der Waals surface area contributed by atoms with Gasteiger partial charge in [0.25, 0.3) is 0 Å². The summed E-state index contributed by atoms with van der Waals surface area (Å²) in [4.78, 5) is 9.77. The standard InChI is InChI=1S/C7H14NO2/c1-4-7(10-5-9)8-6(2)3/h6-8H,4H2,1-3H3. The first-order valence-electron chi connectivity index (χ1n) is 3.49. The van der Waals surface area contributed by atoms with E-state index in [1.165, 1.54) is 6.47 Å². The average Bonchev–Trinajstić information content (AvgIpc) is 1.86. The van der Waals surface area contributed by atoms with E-state index in [4.69, 9.17) is 0 Å². The van der Waals surface area contributed by atoms with Gasteiger partial charge in [-0.1, -0.05) is 6.92 Å². The summed E-state index contributed by atoms with van der Waals surface area (Å²) in [7, 11) is 0. The van der Waals surface area contributed by atoms with Crippen LogP contribution in [0.4, 0.5) is 0 Å². The monoisotopic (exact) mass is 144 g/mol. The van der Waals surface area contributed by atoms with Crippen LogP contribution in [0, 0.1) is 0 Å².